The van der Waals surface area contributed by atoms with E-state index in [1.165, 1.54) is 50.0 Å². The maximum atomic E-state index is 2.46. The Balaban J connectivity index is 1.80. The van der Waals surface area contributed by atoms with E-state index >= 15 is 0 Å². The molecule has 0 saturated heterocycles. The molecule has 0 unspecified atom stereocenters. The van der Waals surface area contributed by atoms with Crippen LogP contribution in [0.2, 0.25) is 0 Å². The minimum absolute atomic E-state index is 0.368. The van der Waals surface area contributed by atoms with Gasteiger partial charge in [-0.2, -0.15) is 0 Å². The summed E-state index contributed by atoms with van der Waals surface area (Å²) in [5.74, 6) is 0. The average molecular weight is 349 g/mol. The van der Waals surface area contributed by atoms with Gasteiger partial charge in [0.05, 0.1) is 0 Å². The summed E-state index contributed by atoms with van der Waals surface area (Å²) >= 11 is 0. The molecule has 132 valence electrons. The molecule has 5 rings (SSSR count). The third-order valence-corrected chi connectivity index (χ3v) is 5.58. The van der Waals surface area contributed by atoms with Gasteiger partial charge in [-0.05, 0) is 72.2 Å². The molecular weight excluding hydrogens is 326 g/mol. The van der Waals surface area contributed by atoms with Crippen molar-refractivity contribution in [2.75, 3.05) is 4.90 Å². The zero-order chi connectivity index (χ0) is 18.5. The Bertz CT molecular complexity index is 1140. The van der Waals surface area contributed by atoms with Crippen LogP contribution in [0.3, 0.4) is 0 Å². The number of aryl methyl sites for hydroxylation is 1. The number of benzene rings is 4. The molecule has 0 amide bonds. The summed E-state index contributed by atoms with van der Waals surface area (Å²) in [6.07, 6.45) is 0. The molecule has 0 bridgehead atoms. The number of fused-ring (bicyclic) bond motifs is 3. The molecule has 4 aromatic carbocycles. The summed E-state index contributed by atoms with van der Waals surface area (Å²) in [5, 5.41) is 2.71. The second kappa shape index (κ2) is 5.99. The lowest BCUT2D eigenvalue weighted by atomic mass is 10.00. The molecule has 1 aliphatic rings. The molecule has 0 saturated carbocycles. The highest BCUT2D eigenvalue weighted by molar-refractivity contribution is 6.18. The van der Waals surface area contributed by atoms with E-state index < -0.39 is 0 Å². The molecule has 27 heavy (non-hydrogen) atoms. The van der Waals surface area contributed by atoms with E-state index in [2.05, 4.69) is 105 Å². The first kappa shape index (κ1) is 16.1. The molecule has 0 radical (unpaired) electrons. The van der Waals surface area contributed by atoms with Gasteiger partial charge in [-0.1, -0.05) is 60.7 Å². The minimum Gasteiger partial charge on any atom is -0.338 e. The molecule has 0 heterocycles. The first-order chi connectivity index (χ1) is 13.1. The van der Waals surface area contributed by atoms with Gasteiger partial charge in [0.15, 0.2) is 0 Å². The molecule has 0 atom stereocenters. The van der Waals surface area contributed by atoms with Crippen molar-refractivity contribution in [1.82, 2.24) is 0 Å². The van der Waals surface area contributed by atoms with Crippen LogP contribution in [0.5, 0.6) is 0 Å². The van der Waals surface area contributed by atoms with Crippen LogP contribution in [-0.4, -0.2) is 6.04 Å². The molecule has 0 fully saturated rings. The molecule has 4 aromatic rings. The van der Waals surface area contributed by atoms with E-state index in [1.54, 1.807) is 0 Å². The predicted molar refractivity (Wildman–Crippen MR) is 117 cm³/mol. The molecule has 0 aromatic heterocycles. The maximum absolute atomic E-state index is 2.46. The van der Waals surface area contributed by atoms with Crippen LogP contribution in [0.4, 0.5) is 11.4 Å². The van der Waals surface area contributed by atoms with E-state index in [4.69, 9.17) is 0 Å². The number of anilines is 2. The second-order valence-electron chi connectivity index (χ2n) is 7.71. The smallest absolute Gasteiger partial charge is 0.0493 e. The Labute approximate surface area is 160 Å². The zero-order valence-corrected chi connectivity index (χ0v) is 16.0. The second-order valence-corrected chi connectivity index (χ2v) is 7.71. The van der Waals surface area contributed by atoms with Crippen molar-refractivity contribution in [3.05, 3.63) is 84.4 Å². The van der Waals surface area contributed by atoms with Gasteiger partial charge in [-0.25, -0.2) is 0 Å². The van der Waals surface area contributed by atoms with Crippen LogP contribution in [0.25, 0.3) is 33.0 Å². The van der Waals surface area contributed by atoms with Crippen LogP contribution < -0.4 is 4.90 Å². The van der Waals surface area contributed by atoms with Gasteiger partial charge in [-0.15, -0.1) is 0 Å². The van der Waals surface area contributed by atoms with Gasteiger partial charge in [0.2, 0.25) is 0 Å². The molecule has 0 aliphatic heterocycles. The molecule has 0 spiro atoms. The van der Waals surface area contributed by atoms with Crippen LogP contribution in [0.15, 0.2) is 78.9 Å². The van der Waals surface area contributed by atoms with Gasteiger partial charge in [0.1, 0.15) is 0 Å². The minimum atomic E-state index is 0.368. The lowest BCUT2D eigenvalue weighted by molar-refractivity contribution is 0.791. The summed E-state index contributed by atoms with van der Waals surface area (Å²) in [6, 6.07) is 29.2. The van der Waals surface area contributed by atoms with E-state index in [0.717, 1.165) is 0 Å². The molecule has 1 aliphatic carbocycles. The normalized spacial score (nSPS) is 11.9. The number of hydrogen-bond acceptors (Lipinski definition) is 1. The Kier molecular flexibility index (Phi) is 3.58. The Morgan fingerprint density at radius 3 is 2.04 bits per heavy atom. The fourth-order valence-corrected chi connectivity index (χ4v) is 4.50. The highest BCUT2D eigenvalue weighted by atomic mass is 15.2. The molecular formula is C26H23N. The standard InChI is InChI=1S/C26H23N/c1-17(2)27(19-9-6-8-18(3)16-19)25-15-14-23-21-11-5-4-10-20(21)22-12-7-13-24(25)26(22)23/h4-17H,1-3H3. The fraction of sp³-hybridized carbons (Fsp3) is 0.154. The van der Waals surface area contributed by atoms with Gasteiger partial charge in [0.25, 0.3) is 0 Å². The number of hydrogen-bond donors (Lipinski definition) is 0. The fourth-order valence-electron chi connectivity index (χ4n) is 4.50. The largest absolute Gasteiger partial charge is 0.338 e. The van der Waals surface area contributed by atoms with Gasteiger partial charge in [-0.3, -0.25) is 0 Å². The van der Waals surface area contributed by atoms with Crippen LogP contribution in [0.1, 0.15) is 19.4 Å². The number of rotatable bonds is 3. The van der Waals surface area contributed by atoms with E-state index in [-0.39, 0.29) is 0 Å². The highest BCUT2D eigenvalue weighted by Gasteiger charge is 2.24. The lowest BCUT2D eigenvalue weighted by Gasteiger charge is -2.31. The summed E-state index contributed by atoms with van der Waals surface area (Å²) in [7, 11) is 0. The molecule has 1 nitrogen and oxygen atoms in total. The Hall–Kier alpha value is -3.06. The van der Waals surface area contributed by atoms with Crippen LogP contribution in [-0.2, 0) is 0 Å². The first-order valence-electron chi connectivity index (χ1n) is 9.66. The summed E-state index contributed by atoms with van der Waals surface area (Å²) < 4.78 is 0. The van der Waals surface area contributed by atoms with Crippen molar-refractivity contribution in [1.29, 1.82) is 0 Å². The monoisotopic (exact) mass is 349 g/mol. The van der Waals surface area contributed by atoms with Crippen LogP contribution in [0, 0.1) is 6.92 Å². The van der Waals surface area contributed by atoms with Crippen molar-refractivity contribution >= 4 is 22.1 Å². The van der Waals surface area contributed by atoms with Gasteiger partial charge in [0, 0.05) is 22.8 Å². The van der Waals surface area contributed by atoms with Crippen molar-refractivity contribution < 1.29 is 0 Å². The van der Waals surface area contributed by atoms with Crippen LogP contribution >= 0.6 is 0 Å². The quantitative estimate of drug-likeness (QED) is 0.329. The Morgan fingerprint density at radius 1 is 0.667 bits per heavy atom. The predicted octanol–water partition coefficient (Wildman–Crippen LogP) is 7.34. The summed E-state index contributed by atoms with van der Waals surface area (Å²) in [4.78, 5) is 2.46. The van der Waals surface area contributed by atoms with E-state index in [0.29, 0.717) is 6.04 Å². The average Bonchev–Trinajstić information content (AvgIpc) is 3.00. The highest BCUT2D eigenvalue weighted by Crippen LogP contribution is 2.49. The Morgan fingerprint density at radius 2 is 1.33 bits per heavy atom. The van der Waals surface area contributed by atoms with Gasteiger partial charge >= 0.3 is 0 Å². The maximum Gasteiger partial charge on any atom is 0.0493 e. The third-order valence-electron chi connectivity index (χ3n) is 5.58. The topological polar surface area (TPSA) is 3.24 Å². The van der Waals surface area contributed by atoms with Crippen molar-refractivity contribution in [2.45, 2.75) is 26.8 Å². The van der Waals surface area contributed by atoms with Crippen molar-refractivity contribution in [3.8, 4) is 22.3 Å². The lowest BCUT2D eigenvalue weighted by Crippen LogP contribution is -2.25. The number of nitrogens with zero attached hydrogens (tertiary/aromatic N) is 1. The molecule has 1 heteroatoms. The third kappa shape index (κ3) is 2.39. The van der Waals surface area contributed by atoms with Gasteiger partial charge < -0.3 is 4.90 Å². The van der Waals surface area contributed by atoms with E-state index in [9.17, 15) is 0 Å². The summed E-state index contributed by atoms with van der Waals surface area (Å²) in [6.45, 7) is 6.69. The SMILES string of the molecule is Cc1cccc(N(c2ccc3c4c(cccc24)-c2ccccc2-3)C(C)C)c1. The summed E-state index contributed by atoms with van der Waals surface area (Å²) in [5.41, 5.74) is 9.23. The molecule has 0 N–H and O–H groups in total. The van der Waals surface area contributed by atoms with Crippen molar-refractivity contribution in [3.63, 3.8) is 0 Å². The van der Waals surface area contributed by atoms with Crippen molar-refractivity contribution in [2.24, 2.45) is 0 Å². The first-order valence-corrected chi connectivity index (χ1v) is 9.66. The van der Waals surface area contributed by atoms with E-state index in [1.807, 2.05) is 0 Å². The zero-order valence-electron chi connectivity index (χ0n) is 16.0.